The quantitative estimate of drug-likeness (QED) is 0.792. The van der Waals surface area contributed by atoms with Gasteiger partial charge < -0.3 is 10.4 Å². The molecule has 1 aromatic rings. The third-order valence-corrected chi connectivity index (χ3v) is 7.03. The molecule has 2 rings (SSSR count). The van der Waals surface area contributed by atoms with Gasteiger partial charge in [0, 0.05) is 19.1 Å². The van der Waals surface area contributed by atoms with Crippen LogP contribution in [0.3, 0.4) is 0 Å². The highest BCUT2D eigenvalue weighted by atomic mass is 79.9. The Labute approximate surface area is 125 Å². The van der Waals surface area contributed by atoms with Gasteiger partial charge in [-0.25, -0.2) is 8.42 Å². The summed E-state index contributed by atoms with van der Waals surface area (Å²) in [5, 5.41) is 12.4. The van der Waals surface area contributed by atoms with Crippen molar-refractivity contribution in [2.45, 2.75) is 23.1 Å². The molecule has 0 radical (unpaired) electrons. The minimum absolute atomic E-state index is 0.135. The molecule has 19 heavy (non-hydrogen) atoms. The Balaban J connectivity index is 2.16. The number of sulfonamides is 1. The van der Waals surface area contributed by atoms with E-state index < -0.39 is 10.0 Å². The normalized spacial score (nSPS) is 20.3. The first-order valence-corrected chi connectivity index (χ1v) is 9.18. The lowest BCUT2D eigenvalue weighted by atomic mass is 10.2. The van der Waals surface area contributed by atoms with E-state index in [2.05, 4.69) is 21.2 Å². The van der Waals surface area contributed by atoms with E-state index in [0.29, 0.717) is 10.8 Å². The van der Waals surface area contributed by atoms with Crippen LogP contribution in [0.15, 0.2) is 20.1 Å². The molecular formula is C11H17BrN2O3S2. The zero-order chi connectivity index (χ0) is 13.9. The molecule has 0 bridgehead atoms. The van der Waals surface area contributed by atoms with E-state index in [1.165, 1.54) is 15.6 Å². The maximum Gasteiger partial charge on any atom is 0.252 e. The fourth-order valence-corrected chi connectivity index (χ4v) is 5.78. The Kier molecular flexibility index (Phi) is 5.38. The number of hydrogen-bond acceptors (Lipinski definition) is 5. The minimum Gasteiger partial charge on any atom is -0.395 e. The van der Waals surface area contributed by atoms with Crippen LogP contribution in [-0.2, 0) is 10.0 Å². The minimum atomic E-state index is -3.51. The van der Waals surface area contributed by atoms with Gasteiger partial charge in [-0.1, -0.05) is 0 Å². The predicted octanol–water partition coefficient (Wildman–Crippen LogP) is 1.25. The Morgan fingerprint density at radius 1 is 1.53 bits per heavy atom. The van der Waals surface area contributed by atoms with Crippen molar-refractivity contribution in [1.29, 1.82) is 0 Å². The molecule has 5 nitrogen and oxygen atoms in total. The second-order valence-corrected chi connectivity index (χ2v) is 9.07. The van der Waals surface area contributed by atoms with Crippen LogP contribution in [0, 0.1) is 0 Å². The van der Waals surface area contributed by atoms with Crippen molar-refractivity contribution in [3.8, 4) is 0 Å². The topological polar surface area (TPSA) is 69.6 Å². The molecule has 1 atom stereocenters. The van der Waals surface area contributed by atoms with E-state index in [-0.39, 0.29) is 19.2 Å². The van der Waals surface area contributed by atoms with E-state index in [1.54, 1.807) is 12.1 Å². The lowest BCUT2D eigenvalue weighted by Gasteiger charge is -2.23. The molecule has 0 amide bonds. The summed E-state index contributed by atoms with van der Waals surface area (Å²) in [5.74, 6) is 0. The first-order valence-electron chi connectivity index (χ1n) is 6.14. The lowest BCUT2D eigenvalue weighted by molar-refractivity contribution is 0.246. The van der Waals surface area contributed by atoms with Crippen molar-refractivity contribution < 1.29 is 13.5 Å². The molecule has 1 fully saturated rings. The number of nitrogens with one attached hydrogen (secondary N) is 1. The number of hydrogen-bond donors (Lipinski definition) is 2. The van der Waals surface area contributed by atoms with Gasteiger partial charge >= 0.3 is 0 Å². The molecule has 1 unspecified atom stereocenters. The van der Waals surface area contributed by atoms with Crippen molar-refractivity contribution in [1.82, 2.24) is 9.62 Å². The summed E-state index contributed by atoms with van der Waals surface area (Å²) in [7, 11) is -3.51. The number of aliphatic hydroxyl groups is 1. The molecular weight excluding hydrogens is 352 g/mol. The Morgan fingerprint density at radius 3 is 2.84 bits per heavy atom. The third-order valence-electron chi connectivity index (χ3n) is 3.08. The van der Waals surface area contributed by atoms with Crippen LogP contribution in [0.2, 0.25) is 0 Å². The highest BCUT2D eigenvalue weighted by molar-refractivity contribution is 9.11. The van der Waals surface area contributed by atoms with Crippen molar-refractivity contribution in [3.63, 3.8) is 0 Å². The number of halogens is 1. The smallest absolute Gasteiger partial charge is 0.252 e. The molecule has 2 heterocycles. The van der Waals surface area contributed by atoms with Gasteiger partial charge in [-0.05, 0) is 47.4 Å². The first kappa shape index (κ1) is 15.4. The van der Waals surface area contributed by atoms with E-state index in [4.69, 9.17) is 5.11 Å². The van der Waals surface area contributed by atoms with Gasteiger partial charge in [0.25, 0.3) is 10.0 Å². The summed E-state index contributed by atoms with van der Waals surface area (Å²) in [5.41, 5.74) is 0. The summed E-state index contributed by atoms with van der Waals surface area (Å²) in [6.07, 6.45) is 2.05. The van der Waals surface area contributed by atoms with Crippen molar-refractivity contribution in [2.24, 2.45) is 0 Å². The molecule has 0 aromatic carbocycles. The van der Waals surface area contributed by atoms with Crippen LogP contribution < -0.4 is 5.32 Å². The molecule has 1 aromatic heterocycles. The highest BCUT2D eigenvalue weighted by Crippen LogP contribution is 2.28. The summed E-state index contributed by atoms with van der Waals surface area (Å²) in [6, 6.07) is 3.50. The largest absolute Gasteiger partial charge is 0.395 e. The van der Waals surface area contributed by atoms with Crippen LogP contribution in [0.5, 0.6) is 0 Å². The van der Waals surface area contributed by atoms with Crippen molar-refractivity contribution >= 4 is 37.3 Å². The second kappa shape index (κ2) is 6.64. The van der Waals surface area contributed by atoms with E-state index in [0.717, 1.165) is 23.2 Å². The lowest BCUT2D eigenvalue weighted by Crippen LogP contribution is -2.42. The van der Waals surface area contributed by atoms with Crippen LogP contribution in [0.1, 0.15) is 12.8 Å². The fraction of sp³-hybridized carbons (Fsp3) is 0.636. The molecule has 108 valence electrons. The number of thiophene rings is 1. The molecule has 2 N–H and O–H groups in total. The Morgan fingerprint density at radius 2 is 2.32 bits per heavy atom. The van der Waals surface area contributed by atoms with Crippen molar-refractivity contribution in [3.05, 3.63) is 15.9 Å². The molecule has 0 spiro atoms. The standard InChI is InChI=1S/C11H17BrN2O3S2/c12-10-3-4-11(18-10)19(16,17)14(6-7-15)8-9-2-1-5-13-9/h3-4,9,13,15H,1-2,5-8H2. The molecule has 1 saturated heterocycles. The van der Waals surface area contributed by atoms with E-state index in [9.17, 15) is 8.42 Å². The molecule has 1 aliphatic heterocycles. The summed E-state index contributed by atoms with van der Waals surface area (Å²) in [4.78, 5) is 0. The van der Waals surface area contributed by atoms with Crippen LogP contribution in [0.25, 0.3) is 0 Å². The van der Waals surface area contributed by atoms with E-state index >= 15 is 0 Å². The number of aliphatic hydroxyl groups excluding tert-OH is 1. The average molecular weight is 369 g/mol. The zero-order valence-corrected chi connectivity index (χ0v) is 13.6. The van der Waals surface area contributed by atoms with Crippen molar-refractivity contribution in [2.75, 3.05) is 26.2 Å². The van der Waals surface area contributed by atoms with Crippen LogP contribution in [-0.4, -0.2) is 50.1 Å². The van der Waals surface area contributed by atoms with Gasteiger partial charge in [0.1, 0.15) is 4.21 Å². The molecule has 8 heteroatoms. The zero-order valence-electron chi connectivity index (χ0n) is 10.4. The van der Waals surface area contributed by atoms with Gasteiger partial charge in [0.05, 0.1) is 10.4 Å². The Hall–Kier alpha value is 0.01000. The summed E-state index contributed by atoms with van der Waals surface area (Å²) in [6.45, 7) is 1.31. The monoisotopic (exact) mass is 368 g/mol. The molecule has 0 saturated carbocycles. The van der Waals surface area contributed by atoms with Gasteiger partial charge in [-0.15, -0.1) is 11.3 Å². The maximum atomic E-state index is 12.5. The summed E-state index contributed by atoms with van der Waals surface area (Å²) < 4.78 is 27.5. The van der Waals surface area contributed by atoms with Gasteiger partial charge in [0.15, 0.2) is 0 Å². The summed E-state index contributed by atoms with van der Waals surface area (Å²) >= 11 is 4.47. The van der Waals surface area contributed by atoms with Gasteiger partial charge in [-0.2, -0.15) is 4.31 Å². The van der Waals surface area contributed by atoms with Gasteiger partial charge in [0.2, 0.25) is 0 Å². The maximum absolute atomic E-state index is 12.5. The third kappa shape index (κ3) is 3.77. The fourth-order valence-electron chi connectivity index (χ4n) is 2.14. The average Bonchev–Trinajstić information content (AvgIpc) is 3.00. The SMILES string of the molecule is O=S(=O)(c1ccc(Br)s1)N(CCO)CC1CCCN1. The number of nitrogens with zero attached hydrogens (tertiary/aromatic N) is 1. The van der Waals surface area contributed by atoms with Crippen LogP contribution >= 0.6 is 27.3 Å². The molecule has 1 aliphatic rings. The highest BCUT2D eigenvalue weighted by Gasteiger charge is 2.29. The number of rotatable bonds is 6. The van der Waals surface area contributed by atoms with Crippen LogP contribution in [0.4, 0.5) is 0 Å². The second-order valence-electron chi connectivity index (χ2n) is 4.44. The predicted molar refractivity (Wildman–Crippen MR) is 78.9 cm³/mol. The van der Waals surface area contributed by atoms with Gasteiger partial charge in [-0.3, -0.25) is 0 Å². The molecule has 0 aliphatic carbocycles. The Bertz CT molecular complexity index is 512. The first-order chi connectivity index (χ1) is 9.04. The van der Waals surface area contributed by atoms with E-state index in [1.807, 2.05) is 0 Å².